The monoisotopic (exact) mass is 274 g/mol. The number of hydrogen-bond donors (Lipinski definition) is 0. The molecule has 0 N–H and O–H groups in total. The molecule has 1 aromatic rings. The maximum Gasteiger partial charge on any atom is 0.573 e. The average Bonchev–Trinajstić information content (AvgIpc) is 2.34. The van der Waals surface area contributed by atoms with Crippen molar-refractivity contribution < 1.29 is 32.2 Å². The molecule has 0 unspecified atom stereocenters. The van der Waals surface area contributed by atoms with Crippen LogP contribution in [0.2, 0.25) is 0 Å². The molecule has 0 bridgehead atoms. The Morgan fingerprint density at radius 2 is 2.00 bits per heavy atom. The van der Waals surface area contributed by atoms with Crippen molar-refractivity contribution in [1.29, 1.82) is 0 Å². The topological polar surface area (TPSA) is 52.6 Å². The Morgan fingerprint density at radius 1 is 1.32 bits per heavy atom. The molecule has 0 saturated carbocycles. The molecule has 0 amide bonds. The molecule has 0 saturated heterocycles. The number of methoxy groups -OCH3 is 1. The molecule has 0 fully saturated rings. The molecule has 0 heterocycles. The molecule has 0 radical (unpaired) electrons. The molecular weight excluding hydrogens is 265 g/mol. The van der Waals surface area contributed by atoms with Crippen LogP contribution in [0.25, 0.3) is 6.08 Å². The standard InChI is InChI=1S/C12H9F3O4/c1-18-11(17)5-3-8-2-4-9(7-16)10(6-8)19-12(13,14)15/h2-7H,1H3/b5-3+. The van der Waals surface area contributed by atoms with Gasteiger partial charge in [0.2, 0.25) is 0 Å². The van der Waals surface area contributed by atoms with E-state index in [0.29, 0.717) is 0 Å². The minimum atomic E-state index is -4.90. The van der Waals surface area contributed by atoms with Crippen LogP contribution < -0.4 is 4.74 Å². The third-order valence-corrected chi connectivity index (χ3v) is 2.00. The van der Waals surface area contributed by atoms with Gasteiger partial charge in [-0.25, -0.2) is 4.79 Å². The van der Waals surface area contributed by atoms with Crippen molar-refractivity contribution in [3.05, 3.63) is 35.4 Å². The quantitative estimate of drug-likeness (QED) is 0.481. The van der Waals surface area contributed by atoms with Crippen molar-refractivity contribution >= 4 is 18.3 Å². The second-order valence-corrected chi connectivity index (χ2v) is 3.32. The Balaban J connectivity index is 3.04. The minimum Gasteiger partial charge on any atom is -0.466 e. The van der Waals surface area contributed by atoms with E-state index in [9.17, 15) is 22.8 Å². The number of aldehydes is 1. The van der Waals surface area contributed by atoms with Crippen LogP contribution in [0.4, 0.5) is 13.2 Å². The fourth-order valence-electron chi connectivity index (χ4n) is 1.20. The zero-order valence-corrected chi connectivity index (χ0v) is 9.73. The van der Waals surface area contributed by atoms with Gasteiger partial charge in [0.25, 0.3) is 0 Å². The average molecular weight is 274 g/mol. The van der Waals surface area contributed by atoms with E-state index in [1.54, 1.807) is 0 Å². The highest BCUT2D eigenvalue weighted by Crippen LogP contribution is 2.27. The van der Waals surface area contributed by atoms with E-state index in [1.165, 1.54) is 19.3 Å². The van der Waals surface area contributed by atoms with E-state index in [2.05, 4.69) is 9.47 Å². The third kappa shape index (κ3) is 4.82. The van der Waals surface area contributed by atoms with Crippen LogP contribution in [-0.4, -0.2) is 25.7 Å². The SMILES string of the molecule is COC(=O)/C=C/c1ccc(C=O)c(OC(F)(F)F)c1. The van der Waals surface area contributed by atoms with Gasteiger partial charge in [0.05, 0.1) is 12.7 Å². The van der Waals surface area contributed by atoms with Crippen LogP contribution in [0.1, 0.15) is 15.9 Å². The molecule has 0 aromatic heterocycles. The number of carbonyl (C=O) groups is 2. The Hall–Kier alpha value is -2.31. The summed E-state index contributed by atoms with van der Waals surface area (Å²) in [5, 5.41) is 0. The van der Waals surface area contributed by atoms with E-state index in [4.69, 9.17) is 0 Å². The third-order valence-electron chi connectivity index (χ3n) is 2.00. The number of carbonyl (C=O) groups excluding carboxylic acids is 2. The van der Waals surface area contributed by atoms with Crippen LogP contribution in [0.15, 0.2) is 24.3 Å². The number of benzene rings is 1. The molecular formula is C12H9F3O4. The van der Waals surface area contributed by atoms with Crippen LogP contribution in [-0.2, 0) is 9.53 Å². The van der Waals surface area contributed by atoms with Gasteiger partial charge in [0, 0.05) is 6.08 Å². The summed E-state index contributed by atoms with van der Waals surface area (Å²) >= 11 is 0. The van der Waals surface area contributed by atoms with Gasteiger partial charge in [-0.2, -0.15) is 0 Å². The maximum atomic E-state index is 12.1. The molecule has 0 aliphatic rings. The highest BCUT2D eigenvalue weighted by atomic mass is 19.4. The summed E-state index contributed by atoms with van der Waals surface area (Å²) in [7, 11) is 1.17. The fourth-order valence-corrected chi connectivity index (χ4v) is 1.20. The smallest absolute Gasteiger partial charge is 0.466 e. The largest absolute Gasteiger partial charge is 0.573 e. The summed E-state index contributed by atoms with van der Waals surface area (Å²) in [6, 6.07) is 3.52. The predicted molar refractivity (Wildman–Crippen MR) is 59.6 cm³/mol. The Labute approximate surface area is 106 Å². The van der Waals surface area contributed by atoms with Gasteiger partial charge < -0.3 is 9.47 Å². The van der Waals surface area contributed by atoms with Crippen molar-refractivity contribution in [2.75, 3.05) is 7.11 Å². The van der Waals surface area contributed by atoms with Crippen LogP contribution in [0.5, 0.6) is 5.75 Å². The summed E-state index contributed by atoms with van der Waals surface area (Å²) in [6.07, 6.45) is -2.38. The lowest BCUT2D eigenvalue weighted by molar-refractivity contribution is -0.274. The van der Waals surface area contributed by atoms with E-state index in [1.807, 2.05) is 0 Å². The van der Waals surface area contributed by atoms with E-state index in [0.717, 1.165) is 18.2 Å². The number of ether oxygens (including phenoxy) is 2. The Morgan fingerprint density at radius 3 is 2.53 bits per heavy atom. The molecule has 1 rings (SSSR count). The molecule has 0 spiro atoms. The van der Waals surface area contributed by atoms with Gasteiger partial charge >= 0.3 is 12.3 Å². The first-order chi connectivity index (χ1) is 8.85. The maximum absolute atomic E-state index is 12.1. The van der Waals surface area contributed by atoms with Gasteiger partial charge in [0.15, 0.2) is 6.29 Å². The van der Waals surface area contributed by atoms with Crippen molar-refractivity contribution in [3.63, 3.8) is 0 Å². The van der Waals surface area contributed by atoms with E-state index in [-0.39, 0.29) is 17.4 Å². The Kier molecular flexibility index (Phi) is 4.68. The number of hydrogen-bond acceptors (Lipinski definition) is 4. The lowest BCUT2D eigenvalue weighted by Crippen LogP contribution is -2.18. The second-order valence-electron chi connectivity index (χ2n) is 3.32. The zero-order valence-electron chi connectivity index (χ0n) is 9.73. The molecule has 4 nitrogen and oxygen atoms in total. The first-order valence-electron chi connectivity index (χ1n) is 4.96. The number of halogens is 3. The van der Waals surface area contributed by atoms with Gasteiger partial charge in [-0.1, -0.05) is 6.07 Å². The van der Waals surface area contributed by atoms with Crippen molar-refractivity contribution in [1.82, 2.24) is 0 Å². The fraction of sp³-hybridized carbons (Fsp3) is 0.167. The zero-order chi connectivity index (χ0) is 14.5. The van der Waals surface area contributed by atoms with Gasteiger partial charge in [-0.3, -0.25) is 4.79 Å². The van der Waals surface area contributed by atoms with Gasteiger partial charge in [-0.05, 0) is 23.8 Å². The predicted octanol–water partition coefficient (Wildman–Crippen LogP) is 2.58. The molecule has 7 heteroatoms. The minimum absolute atomic E-state index is 0.243. The van der Waals surface area contributed by atoms with Crippen LogP contribution in [0.3, 0.4) is 0 Å². The molecule has 102 valence electrons. The first kappa shape index (κ1) is 14.7. The second kappa shape index (κ2) is 6.03. The summed E-state index contributed by atoms with van der Waals surface area (Å²) in [4.78, 5) is 21.4. The van der Waals surface area contributed by atoms with E-state index >= 15 is 0 Å². The lowest BCUT2D eigenvalue weighted by Gasteiger charge is -2.11. The molecule has 0 atom stereocenters. The highest BCUT2D eigenvalue weighted by Gasteiger charge is 2.32. The molecule has 0 aliphatic heterocycles. The van der Waals surface area contributed by atoms with Crippen molar-refractivity contribution in [2.45, 2.75) is 6.36 Å². The van der Waals surface area contributed by atoms with Gasteiger partial charge in [0.1, 0.15) is 5.75 Å². The summed E-state index contributed by atoms with van der Waals surface area (Å²) in [5.74, 6) is -1.28. The molecule has 1 aromatic carbocycles. The lowest BCUT2D eigenvalue weighted by atomic mass is 10.1. The number of rotatable bonds is 4. The number of alkyl halides is 3. The van der Waals surface area contributed by atoms with E-state index < -0.39 is 18.1 Å². The summed E-state index contributed by atoms with van der Waals surface area (Å²) in [6.45, 7) is 0. The van der Waals surface area contributed by atoms with Crippen LogP contribution >= 0.6 is 0 Å². The number of esters is 1. The first-order valence-corrected chi connectivity index (χ1v) is 4.96. The molecule has 0 aliphatic carbocycles. The molecule has 19 heavy (non-hydrogen) atoms. The Bertz CT molecular complexity index is 506. The van der Waals surface area contributed by atoms with Crippen molar-refractivity contribution in [2.24, 2.45) is 0 Å². The summed E-state index contributed by atoms with van der Waals surface area (Å²) < 4.78 is 44.4. The summed E-state index contributed by atoms with van der Waals surface area (Å²) in [5.41, 5.74) is 0.0165. The normalized spacial score (nSPS) is 11.4. The van der Waals surface area contributed by atoms with Gasteiger partial charge in [-0.15, -0.1) is 13.2 Å². The van der Waals surface area contributed by atoms with Crippen molar-refractivity contribution in [3.8, 4) is 5.75 Å². The highest BCUT2D eigenvalue weighted by molar-refractivity contribution is 5.87. The van der Waals surface area contributed by atoms with Crippen LogP contribution in [0, 0.1) is 0 Å².